The summed E-state index contributed by atoms with van der Waals surface area (Å²) in [7, 11) is 0. The molecule has 0 aromatic rings. The molecule has 1 N–H and O–H groups in total. The smallest absolute Gasteiger partial charge is 0.385 e. The highest BCUT2D eigenvalue weighted by molar-refractivity contribution is 5.86. The quantitative estimate of drug-likeness (QED) is 0.426. The third-order valence-electron chi connectivity index (χ3n) is 1.22. The molecule has 1 saturated carbocycles. The molecule has 0 atom stereocenters. The second-order valence-corrected chi connectivity index (χ2v) is 2.23. The van der Waals surface area contributed by atoms with Crippen molar-refractivity contribution in [3.63, 3.8) is 0 Å². The summed E-state index contributed by atoms with van der Waals surface area (Å²) in [6.45, 7) is 0. The second-order valence-electron chi connectivity index (χ2n) is 2.23. The maximum absolute atomic E-state index is 10.7. The van der Waals surface area contributed by atoms with Gasteiger partial charge in [-0.1, -0.05) is 0 Å². The minimum absolute atomic E-state index is 0.0434. The van der Waals surface area contributed by atoms with Crippen molar-refractivity contribution in [2.75, 3.05) is 0 Å². The topological polar surface area (TPSA) is 63.6 Å². The third-order valence-corrected chi connectivity index (χ3v) is 1.22. The fourth-order valence-electron chi connectivity index (χ4n) is 0.522. The van der Waals surface area contributed by atoms with E-state index in [1.165, 1.54) is 0 Å². The zero-order valence-corrected chi connectivity index (χ0v) is 5.66. The summed E-state index contributed by atoms with van der Waals surface area (Å²) < 4.78 is 4.30. The number of rotatable bonds is 1. The second kappa shape index (κ2) is 3.06. The minimum Gasteiger partial charge on any atom is -0.472 e. The van der Waals surface area contributed by atoms with E-state index in [-0.39, 0.29) is 5.92 Å². The van der Waals surface area contributed by atoms with Gasteiger partial charge in [-0.25, -0.2) is 4.79 Å². The average Bonchev–Trinajstić information content (AvgIpc) is 2.66. The maximum Gasteiger partial charge on any atom is 0.385 e. The highest BCUT2D eigenvalue weighted by Crippen LogP contribution is 2.29. The van der Waals surface area contributed by atoms with Gasteiger partial charge in [0.1, 0.15) is 6.11 Å². The summed E-state index contributed by atoms with van der Waals surface area (Å²) in [6.07, 6.45) is 3.46. The van der Waals surface area contributed by atoms with Crippen molar-refractivity contribution in [3.8, 4) is 12.0 Å². The normalized spacial score (nSPS) is 14.5. The number of esters is 1. The molecule has 1 rings (SSSR count). The number of aliphatic carboxylic acids is 1. The minimum atomic E-state index is -1.30. The molecule has 0 radical (unpaired) electrons. The Hall–Kier alpha value is -1.50. The van der Waals surface area contributed by atoms with Gasteiger partial charge in [0.05, 0.1) is 11.8 Å². The molecule has 0 aromatic carbocycles. The molecule has 1 aliphatic carbocycles. The Morgan fingerprint density at radius 2 is 2.09 bits per heavy atom. The van der Waals surface area contributed by atoms with Crippen molar-refractivity contribution in [3.05, 3.63) is 0 Å². The predicted octanol–water partition coefficient (Wildman–Crippen LogP) is -0.0149. The van der Waals surface area contributed by atoms with Crippen LogP contribution in [-0.2, 0) is 14.3 Å². The Kier molecular flexibility index (Phi) is 2.12. The van der Waals surface area contributed by atoms with E-state index >= 15 is 0 Å². The lowest BCUT2D eigenvalue weighted by molar-refractivity contribution is -0.138. The van der Waals surface area contributed by atoms with E-state index in [1.54, 1.807) is 12.0 Å². The number of carboxylic acid groups (broad SMARTS) is 1. The van der Waals surface area contributed by atoms with E-state index in [4.69, 9.17) is 5.11 Å². The first-order chi connectivity index (χ1) is 5.20. The third kappa shape index (κ3) is 2.72. The summed E-state index contributed by atoms with van der Waals surface area (Å²) in [4.78, 5) is 20.5. The van der Waals surface area contributed by atoms with Gasteiger partial charge in [0.25, 0.3) is 0 Å². The molecule has 0 unspecified atom stereocenters. The van der Waals surface area contributed by atoms with Crippen LogP contribution in [0.25, 0.3) is 0 Å². The van der Waals surface area contributed by atoms with Gasteiger partial charge in [-0.15, -0.1) is 0 Å². The lowest BCUT2D eigenvalue weighted by atomic mass is 10.4. The van der Waals surface area contributed by atoms with E-state index in [9.17, 15) is 9.59 Å². The number of hydrogen-bond donors (Lipinski definition) is 1. The van der Waals surface area contributed by atoms with Crippen molar-refractivity contribution in [1.29, 1.82) is 0 Å². The standard InChI is InChI=1S/C7H6O4/c8-6(9)3-4-11-7(10)5-1-2-5/h5H,1-2H2,(H,8,9). The fourth-order valence-corrected chi connectivity index (χ4v) is 0.522. The van der Waals surface area contributed by atoms with E-state index in [0.717, 1.165) is 12.8 Å². The van der Waals surface area contributed by atoms with Crippen molar-refractivity contribution < 1.29 is 19.4 Å². The van der Waals surface area contributed by atoms with Crippen molar-refractivity contribution in [2.45, 2.75) is 12.8 Å². The Morgan fingerprint density at radius 1 is 1.45 bits per heavy atom. The molecular formula is C7H6O4. The maximum atomic E-state index is 10.7. The molecule has 0 aromatic heterocycles. The molecule has 4 nitrogen and oxygen atoms in total. The van der Waals surface area contributed by atoms with E-state index in [0.29, 0.717) is 0 Å². The summed E-state index contributed by atoms with van der Waals surface area (Å²) >= 11 is 0. The first-order valence-electron chi connectivity index (χ1n) is 3.15. The molecule has 4 heteroatoms. The number of carbonyl (C=O) groups excluding carboxylic acids is 1. The van der Waals surface area contributed by atoms with Crippen LogP contribution in [0, 0.1) is 17.9 Å². The van der Waals surface area contributed by atoms with Crippen LogP contribution in [0.2, 0.25) is 0 Å². The zero-order valence-electron chi connectivity index (χ0n) is 5.66. The molecule has 0 spiro atoms. The van der Waals surface area contributed by atoms with E-state index in [2.05, 4.69) is 4.74 Å². The number of ether oxygens (including phenoxy) is 1. The van der Waals surface area contributed by atoms with Crippen LogP contribution in [0.15, 0.2) is 0 Å². The Labute approximate surface area is 63.2 Å². The molecular weight excluding hydrogens is 148 g/mol. The lowest BCUT2D eigenvalue weighted by Gasteiger charge is -1.88. The first-order valence-corrected chi connectivity index (χ1v) is 3.15. The molecule has 58 valence electrons. The summed E-state index contributed by atoms with van der Waals surface area (Å²) in [6, 6.07) is 0. The predicted molar refractivity (Wildman–Crippen MR) is 34.2 cm³/mol. The summed E-state index contributed by atoms with van der Waals surface area (Å²) in [5.41, 5.74) is 0. The monoisotopic (exact) mass is 154 g/mol. The largest absolute Gasteiger partial charge is 0.472 e. The first kappa shape index (κ1) is 7.61. The van der Waals surface area contributed by atoms with Gasteiger partial charge in [-0.2, -0.15) is 0 Å². The Bertz CT molecular complexity index is 241. The summed E-state index contributed by atoms with van der Waals surface area (Å²) in [5, 5.41) is 8.02. The Morgan fingerprint density at radius 3 is 2.55 bits per heavy atom. The van der Waals surface area contributed by atoms with Crippen molar-refractivity contribution in [2.24, 2.45) is 5.92 Å². The molecule has 1 fully saturated rings. The number of hydrogen-bond acceptors (Lipinski definition) is 3. The van der Waals surface area contributed by atoms with Crippen LogP contribution >= 0.6 is 0 Å². The molecule has 0 saturated heterocycles. The molecule has 11 heavy (non-hydrogen) atoms. The fraction of sp³-hybridized carbons (Fsp3) is 0.429. The van der Waals surface area contributed by atoms with Crippen LogP contribution < -0.4 is 0 Å². The SMILES string of the molecule is O=C(O)C#COC(=O)C1CC1. The van der Waals surface area contributed by atoms with Crippen molar-refractivity contribution >= 4 is 11.9 Å². The average molecular weight is 154 g/mol. The molecule has 0 amide bonds. The highest BCUT2D eigenvalue weighted by Gasteiger charge is 2.31. The van der Waals surface area contributed by atoms with Gasteiger partial charge in [0.15, 0.2) is 0 Å². The highest BCUT2D eigenvalue weighted by atomic mass is 16.5. The Balaban J connectivity index is 2.27. The van der Waals surface area contributed by atoms with Crippen LogP contribution in [0.3, 0.4) is 0 Å². The van der Waals surface area contributed by atoms with Gasteiger partial charge in [-0.3, -0.25) is 4.79 Å². The van der Waals surface area contributed by atoms with Crippen molar-refractivity contribution in [1.82, 2.24) is 0 Å². The van der Waals surface area contributed by atoms with Crippen LogP contribution in [0.4, 0.5) is 0 Å². The lowest BCUT2D eigenvalue weighted by Crippen LogP contribution is -2.01. The van der Waals surface area contributed by atoms with Gasteiger partial charge < -0.3 is 9.84 Å². The van der Waals surface area contributed by atoms with Crippen LogP contribution in [0.1, 0.15) is 12.8 Å². The van der Waals surface area contributed by atoms with E-state index < -0.39 is 11.9 Å². The van der Waals surface area contributed by atoms with Gasteiger partial charge in [-0.05, 0) is 12.8 Å². The zero-order chi connectivity index (χ0) is 8.27. The van der Waals surface area contributed by atoms with Gasteiger partial charge >= 0.3 is 11.9 Å². The van der Waals surface area contributed by atoms with Crippen LogP contribution in [0.5, 0.6) is 0 Å². The molecule has 0 bridgehead atoms. The van der Waals surface area contributed by atoms with E-state index in [1.807, 2.05) is 0 Å². The molecule has 0 heterocycles. The number of carboxylic acids is 1. The molecule has 0 aliphatic heterocycles. The summed E-state index contributed by atoms with van der Waals surface area (Å²) in [5.74, 6) is -0.0762. The molecule has 1 aliphatic rings. The van der Waals surface area contributed by atoms with Gasteiger partial charge in [0.2, 0.25) is 0 Å². The van der Waals surface area contributed by atoms with Crippen LogP contribution in [-0.4, -0.2) is 17.0 Å². The number of carbonyl (C=O) groups is 2. The van der Waals surface area contributed by atoms with Gasteiger partial charge in [0, 0.05) is 0 Å².